The lowest BCUT2D eigenvalue weighted by molar-refractivity contribution is -0.139. The summed E-state index contributed by atoms with van der Waals surface area (Å²) in [5.41, 5.74) is 1.71. The fourth-order valence-electron chi connectivity index (χ4n) is 1.62. The molecule has 0 saturated heterocycles. The molecule has 0 aliphatic rings. The molecule has 1 aromatic carbocycles. The summed E-state index contributed by atoms with van der Waals surface area (Å²) in [5.74, 6) is -1.43. The molecular weight excluding hydrogens is 258 g/mol. The number of nitrogens with zero attached hydrogens (tertiary/aromatic N) is 1. The van der Waals surface area contributed by atoms with Crippen LogP contribution in [0.4, 0.5) is 5.69 Å². The molecule has 1 unspecified atom stereocenters. The first-order chi connectivity index (χ1) is 9.45. The van der Waals surface area contributed by atoms with E-state index in [0.717, 1.165) is 5.69 Å². The van der Waals surface area contributed by atoms with E-state index in [1.54, 1.807) is 19.1 Å². The van der Waals surface area contributed by atoms with Crippen molar-refractivity contribution in [3.63, 3.8) is 0 Å². The SMILES string of the molecule is CCNC(=O)C(=O)NCC(O)c1ccc(N(C)C)cc1. The molecule has 110 valence electrons. The molecular formula is C14H21N3O3. The molecule has 6 heteroatoms. The Kier molecular flexibility index (Phi) is 5.99. The van der Waals surface area contributed by atoms with E-state index in [2.05, 4.69) is 10.6 Å². The van der Waals surface area contributed by atoms with Crippen molar-refractivity contribution < 1.29 is 14.7 Å². The van der Waals surface area contributed by atoms with Crippen LogP contribution < -0.4 is 15.5 Å². The van der Waals surface area contributed by atoms with Crippen molar-refractivity contribution in [1.29, 1.82) is 0 Å². The average molecular weight is 279 g/mol. The maximum Gasteiger partial charge on any atom is 0.309 e. The van der Waals surface area contributed by atoms with Crippen LogP contribution in [0.15, 0.2) is 24.3 Å². The topological polar surface area (TPSA) is 81.7 Å². The molecule has 0 bridgehead atoms. The third-order valence-corrected chi connectivity index (χ3v) is 2.79. The quantitative estimate of drug-likeness (QED) is 0.665. The van der Waals surface area contributed by atoms with Gasteiger partial charge in [-0.3, -0.25) is 9.59 Å². The molecule has 0 spiro atoms. The van der Waals surface area contributed by atoms with Gasteiger partial charge >= 0.3 is 11.8 Å². The second-order valence-electron chi connectivity index (χ2n) is 4.57. The maximum absolute atomic E-state index is 11.4. The number of amides is 2. The predicted octanol–water partition coefficient (Wildman–Crippen LogP) is 0.0383. The molecule has 2 amide bonds. The monoisotopic (exact) mass is 279 g/mol. The lowest BCUT2D eigenvalue weighted by atomic mass is 10.1. The number of carbonyl (C=O) groups is 2. The molecule has 3 N–H and O–H groups in total. The lowest BCUT2D eigenvalue weighted by Crippen LogP contribution is -2.41. The van der Waals surface area contributed by atoms with Gasteiger partial charge in [0.1, 0.15) is 0 Å². The van der Waals surface area contributed by atoms with E-state index in [1.165, 1.54) is 0 Å². The van der Waals surface area contributed by atoms with E-state index in [1.807, 2.05) is 31.1 Å². The van der Waals surface area contributed by atoms with Gasteiger partial charge in [0.15, 0.2) is 0 Å². The van der Waals surface area contributed by atoms with Gasteiger partial charge in [0, 0.05) is 32.9 Å². The van der Waals surface area contributed by atoms with Crippen LogP contribution in [0.3, 0.4) is 0 Å². The van der Waals surface area contributed by atoms with Gasteiger partial charge < -0.3 is 20.6 Å². The predicted molar refractivity (Wildman–Crippen MR) is 77.4 cm³/mol. The van der Waals surface area contributed by atoms with E-state index in [0.29, 0.717) is 12.1 Å². The van der Waals surface area contributed by atoms with Gasteiger partial charge in [0.05, 0.1) is 6.10 Å². The Hall–Kier alpha value is -2.08. The van der Waals surface area contributed by atoms with Crippen LogP contribution in [0, 0.1) is 0 Å². The number of nitrogens with one attached hydrogen (secondary N) is 2. The largest absolute Gasteiger partial charge is 0.387 e. The first-order valence-electron chi connectivity index (χ1n) is 6.47. The normalized spacial score (nSPS) is 11.6. The molecule has 1 rings (SSSR count). The zero-order valence-electron chi connectivity index (χ0n) is 12.0. The number of rotatable bonds is 5. The average Bonchev–Trinajstić information content (AvgIpc) is 2.44. The van der Waals surface area contributed by atoms with Crippen LogP contribution in [-0.2, 0) is 9.59 Å². The van der Waals surface area contributed by atoms with Crippen LogP contribution in [0.5, 0.6) is 0 Å². The molecule has 20 heavy (non-hydrogen) atoms. The van der Waals surface area contributed by atoms with Crippen molar-refractivity contribution in [1.82, 2.24) is 10.6 Å². The van der Waals surface area contributed by atoms with E-state index in [-0.39, 0.29) is 6.54 Å². The minimum atomic E-state index is -0.843. The fraction of sp³-hybridized carbons (Fsp3) is 0.429. The minimum Gasteiger partial charge on any atom is -0.387 e. The third kappa shape index (κ3) is 4.55. The highest BCUT2D eigenvalue weighted by Crippen LogP contribution is 2.17. The molecule has 1 aromatic rings. The molecule has 0 heterocycles. The number of anilines is 1. The summed E-state index contributed by atoms with van der Waals surface area (Å²) < 4.78 is 0. The summed E-state index contributed by atoms with van der Waals surface area (Å²) in [6, 6.07) is 7.34. The van der Waals surface area contributed by atoms with Crippen molar-refractivity contribution >= 4 is 17.5 Å². The van der Waals surface area contributed by atoms with Crippen LogP contribution in [0.2, 0.25) is 0 Å². The van der Waals surface area contributed by atoms with Crippen molar-refractivity contribution in [2.45, 2.75) is 13.0 Å². The molecule has 6 nitrogen and oxygen atoms in total. The number of likely N-dealkylation sites (N-methyl/N-ethyl adjacent to an activating group) is 1. The van der Waals surface area contributed by atoms with E-state index >= 15 is 0 Å². The fourth-order valence-corrected chi connectivity index (χ4v) is 1.62. The minimum absolute atomic E-state index is 0.00270. The molecule has 0 aromatic heterocycles. The Balaban J connectivity index is 2.52. The van der Waals surface area contributed by atoms with Crippen molar-refractivity contribution in [3.05, 3.63) is 29.8 Å². The Morgan fingerprint density at radius 1 is 1.15 bits per heavy atom. The second kappa shape index (κ2) is 7.49. The summed E-state index contributed by atoms with van der Waals surface area (Å²) in [4.78, 5) is 24.5. The van der Waals surface area contributed by atoms with E-state index in [9.17, 15) is 14.7 Å². The van der Waals surface area contributed by atoms with Crippen LogP contribution >= 0.6 is 0 Å². The molecule has 0 radical (unpaired) electrons. The zero-order chi connectivity index (χ0) is 15.1. The summed E-state index contributed by atoms with van der Waals surface area (Å²) in [7, 11) is 3.86. The van der Waals surface area contributed by atoms with Gasteiger partial charge in [-0.25, -0.2) is 0 Å². The Morgan fingerprint density at radius 2 is 1.70 bits per heavy atom. The van der Waals surface area contributed by atoms with Crippen LogP contribution in [0.1, 0.15) is 18.6 Å². The number of carbonyl (C=O) groups excluding carboxylic acids is 2. The van der Waals surface area contributed by atoms with Crippen molar-refractivity contribution in [3.8, 4) is 0 Å². The maximum atomic E-state index is 11.4. The van der Waals surface area contributed by atoms with Gasteiger partial charge in [0.2, 0.25) is 0 Å². The number of hydrogen-bond donors (Lipinski definition) is 3. The van der Waals surface area contributed by atoms with Gasteiger partial charge in [-0.15, -0.1) is 0 Å². The second-order valence-corrected chi connectivity index (χ2v) is 4.57. The number of aliphatic hydroxyl groups is 1. The van der Waals surface area contributed by atoms with E-state index < -0.39 is 17.9 Å². The molecule has 0 aliphatic carbocycles. The first-order valence-corrected chi connectivity index (χ1v) is 6.47. The summed E-state index contributed by atoms with van der Waals surface area (Å²) >= 11 is 0. The van der Waals surface area contributed by atoms with Crippen LogP contribution in [0.25, 0.3) is 0 Å². The summed E-state index contributed by atoms with van der Waals surface area (Å²) in [6.07, 6.45) is -0.843. The first kappa shape index (κ1) is 16.0. The smallest absolute Gasteiger partial charge is 0.309 e. The highest BCUT2D eigenvalue weighted by molar-refractivity contribution is 6.35. The Bertz CT molecular complexity index is 457. The van der Waals surface area contributed by atoms with Crippen molar-refractivity contribution in [2.24, 2.45) is 0 Å². The Morgan fingerprint density at radius 3 is 2.20 bits per heavy atom. The molecule has 0 fully saturated rings. The van der Waals surface area contributed by atoms with Gasteiger partial charge in [-0.2, -0.15) is 0 Å². The third-order valence-electron chi connectivity index (χ3n) is 2.79. The molecule has 1 atom stereocenters. The standard InChI is InChI=1S/C14H21N3O3/c1-4-15-13(19)14(20)16-9-12(18)10-5-7-11(8-6-10)17(2)3/h5-8,12,18H,4,9H2,1-3H3,(H,15,19)(H,16,20). The van der Waals surface area contributed by atoms with Crippen LogP contribution in [-0.4, -0.2) is 44.1 Å². The number of aliphatic hydroxyl groups excluding tert-OH is 1. The molecule has 0 aliphatic heterocycles. The molecule has 0 saturated carbocycles. The zero-order valence-corrected chi connectivity index (χ0v) is 12.0. The lowest BCUT2D eigenvalue weighted by Gasteiger charge is -2.15. The summed E-state index contributed by atoms with van der Waals surface area (Å²) in [5, 5.41) is 14.7. The number of benzene rings is 1. The van der Waals surface area contributed by atoms with Gasteiger partial charge in [0.25, 0.3) is 0 Å². The van der Waals surface area contributed by atoms with E-state index in [4.69, 9.17) is 0 Å². The van der Waals surface area contributed by atoms with Gasteiger partial charge in [-0.1, -0.05) is 12.1 Å². The summed E-state index contributed by atoms with van der Waals surface area (Å²) in [6.45, 7) is 2.12. The highest BCUT2D eigenvalue weighted by atomic mass is 16.3. The Labute approximate surface area is 118 Å². The highest BCUT2D eigenvalue weighted by Gasteiger charge is 2.14. The number of hydrogen-bond acceptors (Lipinski definition) is 4. The van der Waals surface area contributed by atoms with Gasteiger partial charge in [-0.05, 0) is 24.6 Å². The van der Waals surface area contributed by atoms with Crippen molar-refractivity contribution in [2.75, 3.05) is 32.1 Å².